The van der Waals surface area contributed by atoms with E-state index >= 15 is 0 Å². The van der Waals surface area contributed by atoms with Crippen molar-refractivity contribution in [2.24, 2.45) is 5.92 Å². The highest BCUT2D eigenvalue weighted by Gasteiger charge is 2.36. The summed E-state index contributed by atoms with van der Waals surface area (Å²) in [5.74, 6) is -2.22. The summed E-state index contributed by atoms with van der Waals surface area (Å²) < 4.78 is 39.6. The number of hydrogen-bond donors (Lipinski definition) is 1. The molecule has 4 nitrogen and oxygen atoms in total. The molecular weight excluding hydrogens is 311 g/mol. The van der Waals surface area contributed by atoms with Crippen molar-refractivity contribution in [2.45, 2.75) is 19.0 Å². The summed E-state index contributed by atoms with van der Waals surface area (Å²) in [5.41, 5.74) is -1.07. The fourth-order valence-electron chi connectivity index (χ4n) is 2.51. The second-order valence-corrected chi connectivity index (χ2v) is 5.36. The predicted octanol–water partition coefficient (Wildman–Crippen LogP) is 2.96. The Bertz CT molecular complexity index is 603. The van der Waals surface area contributed by atoms with Gasteiger partial charge in [-0.3, -0.25) is 9.59 Å². The molecule has 23 heavy (non-hydrogen) atoms. The van der Waals surface area contributed by atoms with Crippen molar-refractivity contribution in [3.8, 4) is 0 Å². The average molecular weight is 327 g/mol. The normalized spacial score (nSPS) is 17.2. The monoisotopic (exact) mass is 327 g/mol. The number of carbonyl (C=O) groups is 2. The minimum Gasteiger partial charge on any atom is -0.481 e. The number of alkyl halides is 3. The summed E-state index contributed by atoms with van der Waals surface area (Å²) in [6.45, 7) is 0.290. The van der Waals surface area contributed by atoms with Crippen LogP contribution >= 0.6 is 0 Å². The highest BCUT2D eigenvalue weighted by molar-refractivity contribution is 5.96. The van der Waals surface area contributed by atoms with Crippen molar-refractivity contribution >= 4 is 17.4 Å². The van der Waals surface area contributed by atoms with Gasteiger partial charge in [0, 0.05) is 19.2 Å². The van der Waals surface area contributed by atoms with Gasteiger partial charge >= 0.3 is 12.1 Å². The van der Waals surface area contributed by atoms with Gasteiger partial charge in [0.15, 0.2) is 0 Å². The van der Waals surface area contributed by atoms with Crippen LogP contribution in [-0.2, 0) is 9.59 Å². The molecule has 7 heteroatoms. The maximum atomic E-state index is 13.2. The zero-order valence-corrected chi connectivity index (χ0v) is 12.2. The van der Waals surface area contributed by atoms with E-state index in [1.165, 1.54) is 29.2 Å². The minimum atomic E-state index is -4.64. The molecule has 1 amide bonds. The molecular formula is C16H16F3NO3. The summed E-state index contributed by atoms with van der Waals surface area (Å²) in [6, 6.07) is 7.12. The second-order valence-electron chi connectivity index (χ2n) is 5.36. The number of piperidine rings is 1. The highest BCUT2D eigenvalue weighted by Crippen LogP contribution is 2.34. The number of allylic oxidation sites excluding steroid dienone is 1. The fraction of sp³-hybridized carbons (Fsp3) is 0.375. The first-order valence-corrected chi connectivity index (χ1v) is 7.15. The number of hydrogen-bond acceptors (Lipinski definition) is 2. The Labute approximate surface area is 131 Å². The second kappa shape index (κ2) is 6.85. The molecule has 0 aromatic heterocycles. The van der Waals surface area contributed by atoms with Gasteiger partial charge in [0.2, 0.25) is 5.91 Å². The Morgan fingerprint density at radius 2 is 1.70 bits per heavy atom. The van der Waals surface area contributed by atoms with Crippen LogP contribution in [0, 0.1) is 5.92 Å². The summed E-state index contributed by atoms with van der Waals surface area (Å²) in [6.07, 6.45) is -3.55. The lowest BCUT2D eigenvalue weighted by molar-refractivity contribution is -0.144. The topological polar surface area (TPSA) is 57.6 Å². The number of rotatable bonds is 3. The molecule has 1 saturated heterocycles. The van der Waals surface area contributed by atoms with Gasteiger partial charge in [-0.1, -0.05) is 30.3 Å². The van der Waals surface area contributed by atoms with E-state index in [-0.39, 0.29) is 31.5 Å². The molecule has 0 aliphatic carbocycles. The molecule has 1 N–H and O–H groups in total. The lowest BCUT2D eigenvalue weighted by atomic mass is 9.97. The molecule has 1 aliphatic heterocycles. The molecule has 1 fully saturated rings. The van der Waals surface area contributed by atoms with E-state index in [1.807, 2.05) is 0 Å². The number of likely N-dealkylation sites (tertiary alicyclic amines) is 1. The fourth-order valence-corrected chi connectivity index (χ4v) is 2.51. The summed E-state index contributed by atoms with van der Waals surface area (Å²) in [4.78, 5) is 24.2. The van der Waals surface area contributed by atoms with Gasteiger partial charge in [-0.2, -0.15) is 13.2 Å². The number of halogens is 3. The lowest BCUT2D eigenvalue weighted by Crippen LogP contribution is -2.39. The van der Waals surface area contributed by atoms with E-state index in [9.17, 15) is 22.8 Å². The van der Waals surface area contributed by atoms with Gasteiger partial charge in [-0.15, -0.1) is 0 Å². The molecule has 0 unspecified atom stereocenters. The van der Waals surface area contributed by atoms with Crippen LogP contribution in [0.15, 0.2) is 36.4 Å². The SMILES string of the molecule is O=C(O)C1CCN(C(=O)C=C(c2ccccc2)C(F)(F)F)CC1. The van der Waals surface area contributed by atoms with Crippen molar-refractivity contribution in [3.63, 3.8) is 0 Å². The van der Waals surface area contributed by atoms with Crippen LogP contribution < -0.4 is 0 Å². The van der Waals surface area contributed by atoms with Crippen molar-refractivity contribution in [1.82, 2.24) is 4.90 Å². The van der Waals surface area contributed by atoms with Crippen LogP contribution in [0.4, 0.5) is 13.2 Å². The Balaban J connectivity index is 2.17. The van der Waals surface area contributed by atoms with Crippen LogP contribution in [0.2, 0.25) is 0 Å². The number of aliphatic carboxylic acids is 1. The van der Waals surface area contributed by atoms with Crippen LogP contribution in [0.25, 0.3) is 5.57 Å². The van der Waals surface area contributed by atoms with E-state index in [1.54, 1.807) is 6.07 Å². The molecule has 2 rings (SSSR count). The number of carboxylic acids is 1. The highest BCUT2D eigenvalue weighted by atomic mass is 19.4. The summed E-state index contributed by atoms with van der Waals surface area (Å²) in [7, 11) is 0. The van der Waals surface area contributed by atoms with E-state index < -0.39 is 29.5 Å². The Morgan fingerprint density at radius 1 is 1.13 bits per heavy atom. The van der Waals surface area contributed by atoms with E-state index in [4.69, 9.17) is 5.11 Å². The summed E-state index contributed by atoms with van der Waals surface area (Å²) in [5, 5.41) is 8.90. The Morgan fingerprint density at radius 3 is 2.17 bits per heavy atom. The van der Waals surface area contributed by atoms with Crippen molar-refractivity contribution in [3.05, 3.63) is 42.0 Å². The number of benzene rings is 1. The molecule has 0 spiro atoms. The smallest absolute Gasteiger partial charge is 0.417 e. The quantitative estimate of drug-likeness (QED) is 0.869. The van der Waals surface area contributed by atoms with E-state index in [0.29, 0.717) is 6.08 Å². The standard InChI is InChI=1S/C16H16F3NO3/c17-16(18,19)13(11-4-2-1-3-5-11)10-14(21)20-8-6-12(7-9-20)15(22)23/h1-5,10,12H,6-9H2,(H,22,23). The van der Waals surface area contributed by atoms with Crippen LogP contribution in [0.1, 0.15) is 18.4 Å². The van der Waals surface area contributed by atoms with E-state index in [0.717, 1.165) is 0 Å². The molecule has 0 atom stereocenters. The number of carboxylic acid groups (broad SMARTS) is 1. The number of carbonyl (C=O) groups excluding carboxylic acids is 1. The molecule has 0 radical (unpaired) electrons. The molecule has 0 saturated carbocycles. The van der Waals surface area contributed by atoms with Crippen molar-refractivity contribution < 1.29 is 27.9 Å². The molecule has 0 bridgehead atoms. The number of amides is 1. The maximum absolute atomic E-state index is 13.2. The third kappa shape index (κ3) is 4.34. The van der Waals surface area contributed by atoms with Gasteiger partial charge in [0.1, 0.15) is 0 Å². The van der Waals surface area contributed by atoms with Gasteiger partial charge in [-0.25, -0.2) is 0 Å². The van der Waals surface area contributed by atoms with Gasteiger partial charge in [0.25, 0.3) is 0 Å². The molecule has 1 heterocycles. The molecule has 1 aliphatic rings. The Hall–Kier alpha value is -2.31. The molecule has 124 valence electrons. The predicted molar refractivity (Wildman–Crippen MR) is 77.4 cm³/mol. The maximum Gasteiger partial charge on any atom is 0.417 e. The zero-order chi connectivity index (χ0) is 17.0. The minimum absolute atomic E-state index is 0.0752. The number of nitrogens with zero attached hydrogens (tertiary/aromatic N) is 1. The Kier molecular flexibility index (Phi) is 5.08. The third-order valence-corrected chi connectivity index (χ3v) is 3.81. The van der Waals surface area contributed by atoms with Crippen LogP contribution in [0.3, 0.4) is 0 Å². The third-order valence-electron chi connectivity index (χ3n) is 3.81. The first-order chi connectivity index (χ1) is 10.8. The van der Waals surface area contributed by atoms with Gasteiger partial charge in [-0.05, 0) is 18.4 Å². The first-order valence-electron chi connectivity index (χ1n) is 7.15. The van der Waals surface area contributed by atoms with Crippen molar-refractivity contribution in [1.29, 1.82) is 0 Å². The first kappa shape index (κ1) is 17.1. The van der Waals surface area contributed by atoms with Crippen molar-refractivity contribution in [2.75, 3.05) is 13.1 Å². The van der Waals surface area contributed by atoms with Gasteiger partial charge in [0.05, 0.1) is 11.5 Å². The molecule has 1 aromatic carbocycles. The largest absolute Gasteiger partial charge is 0.481 e. The lowest BCUT2D eigenvalue weighted by Gasteiger charge is -2.29. The van der Waals surface area contributed by atoms with E-state index in [2.05, 4.69) is 0 Å². The molecule has 1 aromatic rings. The van der Waals surface area contributed by atoms with Gasteiger partial charge < -0.3 is 10.0 Å². The summed E-state index contributed by atoms with van der Waals surface area (Å²) >= 11 is 0. The van der Waals surface area contributed by atoms with Crippen LogP contribution in [-0.4, -0.2) is 41.1 Å². The van der Waals surface area contributed by atoms with Crippen LogP contribution in [0.5, 0.6) is 0 Å². The average Bonchev–Trinajstić information content (AvgIpc) is 2.52. The zero-order valence-electron chi connectivity index (χ0n) is 12.2.